The molecule has 1 heterocycles. The number of rotatable bonds is 1. The zero-order chi connectivity index (χ0) is 11.1. The Morgan fingerprint density at radius 2 is 2.13 bits per heavy atom. The van der Waals surface area contributed by atoms with Crippen LogP contribution in [0.3, 0.4) is 0 Å². The molecular formula is C13H15NO. The van der Waals surface area contributed by atoms with Crippen LogP contribution in [-0.2, 0) is 6.54 Å². The molecule has 0 radical (unpaired) electrons. The molecule has 0 N–H and O–H groups in total. The van der Waals surface area contributed by atoms with Crippen molar-refractivity contribution in [2.24, 2.45) is 0 Å². The van der Waals surface area contributed by atoms with E-state index in [-0.39, 0.29) is 5.91 Å². The Labute approximate surface area is 91.3 Å². The van der Waals surface area contributed by atoms with Gasteiger partial charge in [-0.1, -0.05) is 31.0 Å². The van der Waals surface area contributed by atoms with Crippen LogP contribution in [-0.4, -0.2) is 16.8 Å². The van der Waals surface area contributed by atoms with E-state index in [1.54, 1.807) is 12.1 Å². The summed E-state index contributed by atoms with van der Waals surface area (Å²) in [4.78, 5) is 14.2. The zero-order valence-electron chi connectivity index (χ0n) is 9.70. The van der Waals surface area contributed by atoms with Crippen LogP contribution in [0.25, 0.3) is 0 Å². The summed E-state index contributed by atoms with van der Waals surface area (Å²) in [6, 6.07) is 6.26. The van der Waals surface area contributed by atoms with Crippen molar-refractivity contribution in [1.29, 1.82) is 0 Å². The highest BCUT2D eigenvalue weighted by Crippen LogP contribution is 2.31. The molecule has 1 amide bonds. The van der Waals surface area contributed by atoms with Gasteiger partial charge in [0.2, 0.25) is 0 Å². The SMILES string of the molecule is [2H]c1ccc2c(c1)CN(C1CCCC1)C2=O. The van der Waals surface area contributed by atoms with Crippen LogP contribution in [0.2, 0.25) is 0 Å². The van der Waals surface area contributed by atoms with Crippen LogP contribution in [0.15, 0.2) is 24.2 Å². The van der Waals surface area contributed by atoms with Crippen molar-refractivity contribution in [3.8, 4) is 0 Å². The standard InChI is InChI=1S/C13H15NO/c15-13-12-8-4-1-5-10(12)9-14(13)11-6-2-3-7-11/h1,4-5,8,11H,2-3,6-7,9H2/i1D. The van der Waals surface area contributed by atoms with Crippen molar-refractivity contribution in [1.82, 2.24) is 4.90 Å². The molecule has 78 valence electrons. The third kappa shape index (κ3) is 1.36. The summed E-state index contributed by atoms with van der Waals surface area (Å²) in [5.41, 5.74) is 1.84. The number of fused-ring (bicyclic) bond motifs is 1. The summed E-state index contributed by atoms with van der Waals surface area (Å²) in [5.74, 6) is 0.168. The second-order valence-electron chi connectivity index (χ2n) is 4.45. The minimum atomic E-state index is 0.168. The van der Waals surface area contributed by atoms with Gasteiger partial charge in [0, 0.05) is 18.2 Å². The molecule has 1 saturated carbocycles. The predicted octanol–water partition coefficient (Wildman–Crippen LogP) is 2.59. The summed E-state index contributed by atoms with van der Waals surface area (Å²) in [5, 5.41) is 0. The van der Waals surface area contributed by atoms with E-state index in [4.69, 9.17) is 1.37 Å². The molecule has 0 atom stereocenters. The van der Waals surface area contributed by atoms with Crippen molar-refractivity contribution < 1.29 is 6.17 Å². The molecule has 1 aliphatic heterocycles. The molecule has 2 heteroatoms. The number of carbonyl (C=O) groups is 1. The lowest BCUT2D eigenvalue weighted by atomic mass is 10.1. The third-order valence-corrected chi connectivity index (χ3v) is 3.55. The molecule has 2 nitrogen and oxygen atoms in total. The van der Waals surface area contributed by atoms with Gasteiger partial charge in [-0.15, -0.1) is 0 Å². The van der Waals surface area contributed by atoms with E-state index in [9.17, 15) is 4.79 Å². The molecule has 0 aromatic heterocycles. The smallest absolute Gasteiger partial charge is 0.254 e. The second kappa shape index (κ2) is 3.37. The zero-order valence-corrected chi connectivity index (χ0v) is 8.70. The van der Waals surface area contributed by atoms with Crippen LogP contribution in [0.5, 0.6) is 0 Å². The van der Waals surface area contributed by atoms with Crippen molar-refractivity contribution in [3.05, 3.63) is 35.4 Å². The number of benzene rings is 1. The predicted molar refractivity (Wildman–Crippen MR) is 58.6 cm³/mol. The van der Waals surface area contributed by atoms with E-state index in [1.165, 1.54) is 12.8 Å². The highest BCUT2D eigenvalue weighted by Gasteiger charge is 2.33. The Hall–Kier alpha value is -1.31. The van der Waals surface area contributed by atoms with Crippen molar-refractivity contribution in [2.45, 2.75) is 38.3 Å². The number of hydrogen-bond donors (Lipinski definition) is 0. The van der Waals surface area contributed by atoms with E-state index in [0.29, 0.717) is 18.6 Å². The average molecular weight is 202 g/mol. The van der Waals surface area contributed by atoms with Crippen molar-refractivity contribution in [2.75, 3.05) is 0 Å². The maximum absolute atomic E-state index is 12.2. The topological polar surface area (TPSA) is 20.3 Å². The molecular weight excluding hydrogens is 186 g/mol. The van der Waals surface area contributed by atoms with Crippen LogP contribution >= 0.6 is 0 Å². The molecule has 15 heavy (non-hydrogen) atoms. The molecule has 1 fully saturated rings. The molecule has 0 bridgehead atoms. The van der Waals surface area contributed by atoms with Gasteiger partial charge in [-0.3, -0.25) is 4.79 Å². The number of nitrogens with zero attached hydrogens (tertiary/aromatic N) is 1. The molecule has 1 aliphatic carbocycles. The first kappa shape index (κ1) is 7.91. The van der Waals surface area contributed by atoms with E-state index >= 15 is 0 Å². The van der Waals surface area contributed by atoms with Gasteiger partial charge < -0.3 is 4.90 Å². The van der Waals surface area contributed by atoms with Gasteiger partial charge in [0.15, 0.2) is 0 Å². The average Bonchev–Trinajstić information content (AvgIpc) is 2.86. The molecule has 2 aliphatic rings. The number of hydrogen-bond acceptors (Lipinski definition) is 1. The number of amides is 1. The number of carbonyl (C=O) groups excluding carboxylic acids is 1. The fraction of sp³-hybridized carbons (Fsp3) is 0.462. The van der Waals surface area contributed by atoms with Gasteiger partial charge in [0.25, 0.3) is 5.91 Å². The Morgan fingerprint density at radius 3 is 2.93 bits per heavy atom. The van der Waals surface area contributed by atoms with Crippen molar-refractivity contribution >= 4 is 5.91 Å². The fourth-order valence-electron chi connectivity index (χ4n) is 2.73. The van der Waals surface area contributed by atoms with Gasteiger partial charge in [0.05, 0.1) is 1.37 Å². The molecule has 3 rings (SSSR count). The lowest BCUT2D eigenvalue weighted by molar-refractivity contribution is 0.0707. The van der Waals surface area contributed by atoms with Gasteiger partial charge in [-0.2, -0.15) is 0 Å². The molecule has 0 unspecified atom stereocenters. The minimum absolute atomic E-state index is 0.168. The van der Waals surface area contributed by atoms with Crippen LogP contribution in [0.4, 0.5) is 0 Å². The molecule has 0 saturated heterocycles. The van der Waals surface area contributed by atoms with E-state index in [2.05, 4.69) is 0 Å². The summed E-state index contributed by atoms with van der Waals surface area (Å²) in [7, 11) is 0. The van der Waals surface area contributed by atoms with E-state index < -0.39 is 0 Å². The first-order valence-corrected chi connectivity index (χ1v) is 5.66. The van der Waals surface area contributed by atoms with Gasteiger partial charge in [-0.05, 0) is 24.5 Å². The normalized spacial score (nSPS) is 22.0. The Bertz CT molecular complexity index is 438. The molecule has 1 aromatic rings. The maximum atomic E-state index is 12.2. The largest absolute Gasteiger partial charge is 0.331 e. The van der Waals surface area contributed by atoms with Crippen LogP contribution < -0.4 is 0 Å². The first-order valence-electron chi connectivity index (χ1n) is 6.16. The molecule has 1 aromatic carbocycles. The Morgan fingerprint density at radius 1 is 1.33 bits per heavy atom. The second-order valence-corrected chi connectivity index (χ2v) is 4.45. The quantitative estimate of drug-likeness (QED) is 0.685. The van der Waals surface area contributed by atoms with Crippen LogP contribution in [0, 0.1) is 0 Å². The Kier molecular flexibility index (Phi) is 1.78. The van der Waals surface area contributed by atoms with Gasteiger partial charge >= 0.3 is 0 Å². The lowest BCUT2D eigenvalue weighted by Crippen LogP contribution is -2.33. The van der Waals surface area contributed by atoms with E-state index in [1.807, 2.05) is 11.0 Å². The lowest BCUT2D eigenvalue weighted by Gasteiger charge is -2.23. The highest BCUT2D eigenvalue weighted by atomic mass is 16.2. The van der Waals surface area contributed by atoms with E-state index in [0.717, 1.165) is 24.0 Å². The monoisotopic (exact) mass is 202 g/mol. The summed E-state index contributed by atoms with van der Waals surface area (Å²) >= 11 is 0. The third-order valence-electron chi connectivity index (χ3n) is 3.55. The molecule has 0 spiro atoms. The first-order chi connectivity index (χ1) is 7.75. The highest BCUT2D eigenvalue weighted by molar-refractivity contribution is 5.98. The van der Waals surface area contributed by atoms with Crippen molar-refractivity contribution in [3.63, 3.8) is 0 Å². The summed E-state index contributed by atoms with van der Waals surface area (Å²) < 4.78 is 7.57. The van der Waals surface area contributed by atoms with Gasteiger partial charge in [0.1, 0.15) is 0 Å². The minimum Gasteiger partial charge on any atom is -0.331 e. The Balaban J connectivity index is 1.90. The summed E-state index contributed by atoms with van der Waals surface area (Å²) in [6.45, 7) is 0.714. The fourth-order valence-corrected chi connectivity index (χ4v) is 2.73. The van der Waals surface area contributed by atoms with Gasteiger partial charge in [-0.25, -0.2) is 0 Å². The summed E-state index contributed by atoms with van der Waals surface area (Å²) in [6.07, 6.45) is 4.78. The maximum Gasteiger partial charge on any atom is 0.254 e. The van der Waals surface area contributed by atoms with Crippen LogP contribution in [0.1, 0.15) is 43.0 Å².